The zero-order valence-corrected chi connectivity index (χ0v) is 14.8. The zero-order valence-electron chi connectivity index (χ0n) is 14.8. The first-order valence-electron chi connectivity index (χ1n) is 8.17. The van der Waals surface area contributed by atoms with Crippen LogP contribution in [0.1, 0.15) is 18.9 Å². The van der Waals surface area contributed by atoms with E-state index in [1.54, 1.807) is 30.3 Å². The molecule has 2 rings (SSSR count). The van der Waals surface area contributed by atoms with Crippen LogP contribution in [0.3, 0.4) is 0 Å². The predicted molar refractivity (Wildman–Crippen MR) is 101 cm³/mol. The number of ether oxygens (including phenoxy) is 1. The number of amides is 1. The molecule has 0 spiro atoms. The molecule has 1 amide bonds. The molecule has 0 radical (unpaired) electrons. The molecule has 0 aromatic heterocycles. The van der Waals surface area contributed by atoms with Gasteiger partial charge in [0, 0.05) is 28.9 Å². The smallest absolute Gasteiger partial charge is 0.269 e. The third kappa shape index (κ3) is 3.72. The third-order valence-corrected chi connectivity index (χ3v) is 3.94. The van der Waals surface area contributed by atoms with Crippen LogP contribution in [-0.2, 0) is 4.79 Å². The number of carbonyl (C=O) groups excluding carboxylic acids is 1. The largest absolute Gasteiger partial charge is 0.494 e. The van der Waals surface area contributed by atoms with Gasteiger partial charge in [-0.1, -0.05) is 37.3 Å². The van der Waals surface area contributed by atoms with Crippen molar-refractivity contribution in [2.45, 2.75) is 13.3 Å². The van der Waals surface area contributed by atoms with Gasteiger partial charge >= 0.3 is 0 Å². The Labute approximate surface area is 151 Å². The minimum Gasteiger partial charge on any atom is -0.494 e. The maximum atomic E-state index is 14.6. The predicted octanol–water partition coefficient (Wildman–Crippen LogP) is 2.20. The van der Waals surface area contributed by atoms with Crippen molar-refractivity contribution in [1.29, 1.82) is 0 Å². The summed E-state index contributed by atoms with van der Waals surface area (Å²) in [6.07, 6.45) is 0.770. The number of carbonyl (C=O) groups is 1. The summed E-state index contributed by atoms with van der Waals surface area (Å²) in [4.78, 5) is 12.0. The number of hydrogen-bond acceptors (Lipinski definition) is 5. The molecule has 0 heterocycles. The minimum atomic E-state index is -0.532. The summed E-state index contributed by atoms with van der Waals surface area (Å²) in [6.45, 7) is 2.41. The molecule has 0 unspecified atom stereocenters. The Hall–Kier alpha value is -3.22. The molecule has 0 aliphatic heterocycles. The second-order valence-corrected chi connectivity index (χ2v) is 5.67. The Balaban J connectivity index is 2.52. The fraction of sp³-hybridized carbons (Fsp3) is 0.211. The molecule has 0 bridgehead atoms. The van der Waals surface area contributed by atoms with Gasteiger partial charge in [-0.15, -0.1) is 0 Å². The first kappa shape index (κ1) is 19.1. The molecule has 7 N–H and O–H groups in total. The normalized spacial score (nSPS) is 11.7. The Morgan fingerprint density at radius 3 is 2.46 bits per heavy atom. The van der Waals surface area contributed by atoms with Crippen molar-refractivity contribution < 1.29 is 13.9 Å². The molecule has 7 heteroatoms. The highest BCUT2D eigenvalue weighted by molar-refractivity contribution is 6.01. The van der Waals surface area contributed by atoms with Gasteiger partial charge in [-0.3, -0.25) is 4.79 Å². The Morgan fingerprint density at radius 1 is 1.15 bits per heavy atom. The molecule has 0 atom stereocenters. The van der Waals surface area contributed by atoms with Crippen molar-refractivity contribution in [3.8, 4) is 16.9 Å². The van der Waals surface area contributed by atoms with Crippen LogP contribution in [0.25, 0.3) is 16.8 Å². The first-order valence-corrected chi connectivity index (χ1v) is 8.17. The monoisotopic (exact) mass is 358 g/mol. The van der Waals surface area contributed by atoms with Crippen LogP contribution in [-0.4, -0.2) is 19.6 Å². The lowest BCUT2D eigenvalue weighted by atomic mass is 9.97. The van der Waals surface area contributed by atoms with Crippen LogP contribution < -0.4 is 27.3 Å². The summed E-state index contributed by atoms with van der Waals surface area (Å²) in [7, 11) is 1.39. The number of rotatable bonds is 6. The van der Waals surface area contributed by atoms with Gasteiger partial charge < -0.3 is 27.3 Å². The van der Waals surface area contributed by atoms with Gasteiger partial charge in [0.25, 0.3) is 5.91 Å². The van der Waals surface area contributed by atoms with Crippen molar-refractivity contribution in [3.63, 3.8) is 0 Å². The van der Waals surface area contributed by atoms with Gasteiger partial charge in [0.1, 0.15) is 5.70 Å². The summed E-state index contributed by atoms with van der Waals surface area (Å²) in [5.41, 5.74) is 19.3. The summed E-state index contributed by atoms with van der Waals surface area (Å²) in [6, 6.07) is 9.73. The standard InChI is InChI=1S/C19H23FN4O2/c1-3-10-24-19(25)18(23)17(22)13-8-4-7-12(16(13)21)11-6-5-9-14(26-2)15(11)20/h4-9H,3,10,21-23H2,1-2H3,(H,24,25)/b18-17+. The van der Waals surface area contributed by atoms with E-state index in [1.807, 2.05) is 6.92 Å². The number of halogens is 1. The van der Waals surface area contributed by atoms with Crippen LogP contribution in [0, 0.1) is 5.82 Å². The van der Waals surface area contributed by atoms with Crippen LogP contribution in [0.2, 0.25) is 0 Å². The van der Waals surface area contributed by atoms with Gasteiger partial charge in [-0.2, -0.15) is 0 Å². The van der Waals surface area contributed by atoms with E-state index < -0.39 is 11.7 Å². The Morgan fingerprint density at radius 2 is 1.81 bits per heavy atom. The number of nitrogens with one attached hydrogen (secondary N) is 1. The van der Waals surface area contributed by atoms with Crippen LogP contribution >= 0.6 is 0 Å². The summed E-state index contributed by atoms with van der Waals surface area (Å²) >= 11 is 0. The van der Waals surface area contributed by atoms with Gasteiger partial charge in [0.05, 0.1) is 12.8 Å². The molecule has 2 aromatic rings. The summed E-state index contributed by atoms with van der Waals surface area (Å²) in [5.74, 6) is -0.897. The second kappa shape index (κ2) is 8.24. The van der Waals surface area contributed by atoms with Crippen LogP contribution in [0.15, 0.2) is 42.1 Å². The van der Waals surface area contributed by atoms with Gasteiger partial charge in [0.15, 0.2) is 11.6 Å². The Bertz CT molecular complexity index is 849. The lowest BCUT2D eigenvalue weighted by molar-refractivity contribution is -0.117. The number of benzene rings is 2. The number of para-hydroxylation sites is 1. The van der Waals surface area contributed by atoms with Gasteiger partial charge in [0.2, 0.25) is 0 Å². The van der Waals surface area contributed by atoms with Crippen LogP contribution in [0.4, 0.5) is 10.1 Å². The number of hydrogen-bond donors (Lipinski definition) is 4. The number of methoxy groups -OCH3 is 1. The van der Waals surface area contributed by atoms with Crippen LogP contribution in [0.5, 0.6) is 5.75 Å². The average Bonchev–Trinajstić information content (AvgIpc) is 2.65. The zero-order chi connectivity index (χ0) is 19.3. The summed E-state index contributed by atoms with van der Waals surface area (Å²) < 4.78 is 19.6. The highest BCUT2D eigenvalue weighted by Gasteiger charge is 2.18. The van der Waals surface area contributed by atoms with E-state index >= 15 is 0 Å². The van der Waals surface area contributed by atoms with E-state index in [9.17, 15) is 9.18 Å². The molecule has 138 valence electrons. The molecule has 0 aliphatic rings. The third-order valence-electron chi connectivity index (χ3n) is 3.94. The Kier molecular flexibility index (Phi) is 6.06. The highest BCUT2D eigenvalue weighted by atomic mass is 19.1. The molecule has 0 aliphatic carbocycles. The quantitative estimate of drug-likeness (QED) is 0.467. The van der Waals surface area contributed by atoms with Crippen molar-refractivity contribution >= 4 is 17.3 Å². The highest BCUT2D eigenvalue weighted by Crippen LogP contribution is 2.35. The lowest BCUT2D eigenvalue weighted by Crippen LogP contribution is -2.31. The topological polar surface area (TPSA) is 116 Å². The van der Waals surface area contributed by atoms with Gasteiger partial charge in [-0.25, -0.2) is 4.39 Å². The number of nitrogens with two attached hydrogens (primary N) is 3. The average molecular weight is 358 g/mol. The fourth-order valence-corrected chi connectivity index (χ4v) is 2.51. The summed E-state index contributed by atoms with van der Waals surface area (Å²) in [5, 5.41) is 2.65. The van der Waals surface area contributed by atoms with Gasteiger partial charge in [-0.05, 0) is 12.5 Å². The molecule has 2 aromatic carbocycles. The SMILES string of the molecule is CCCNC(=O)/C(N)=C(\N)c1cccc(-c2cccc(OC)c2F)c1N. The molecule has 0 fully saturated rings. The molecule has 0 saturated carbocycles. The van der Waals surface area contributed by atoms with Crippen molar-refractivity contribution in [2.24, 2.45) is 11.5 Å². The maximum absolute atomic E-state index is 14.6. The van der Waals surface area contributed by atoms with E-state index in [4.69, 9.17) is 21.9 Å². The lowest BCUT2D eigenvalue weighted by Gasteiger charge is -2.15. The maximum Gasteiger partial charge on any atom is 0.269 e. The van der Waals surface area contributed by atoms with E-state index in [1.165, 1.54) is 13.2 Å². The van der Waals surface area contributed by atoms with E-state index in [2.05, 4.69) is 5.32 Å². The first-order chi connectivity index (χ1) is 12.4. The molecular formula is C19H23FN4O2. The number of nitrogen functional groups attached to an aromatic ring is 1. The molecular weight excluding hydrogens is 335 g/mol. The molecule has 0 saturated heterocycles. The molecule has 6 nitrogen and oxygen atoms in total. The van der Waals surface area contributed by atoms with E-state index in [-0.39, 0.29) is 28.4 Å². The molecule has 26 heavy (non-hydrogen) atoms. The van der Waals surface area contributed by atoms with E-state index in [0.29, 0.717) is 17.7 Å². The van der Waals surface area contributed by atoms with Crippen molar-refractivity contribution in [1.82, 2.24) is 5.32 Å². The van der Waals surface area contributed by atoms with Crippen molar-refractivity contribution in [2.75, 3.05) is 19.4 Å². The fourth-order valence-electron chi connectivity index (χ4n) is 2.51. The second-order valence-electron chi connectivity index (χ2n) is 5.67. The van der Waals surface area contributed by atoms with E-state index in [0.717, 1.165) is 6.42 Å². The van der Waals surface area contributed by atoms with Crippen molar-refractivity contribution in [3.05, 3.63) is 53.5 Å². The minimum absolute atomic E-state index is 0.0428. The number of anilines is 1.